The summed E-state index contributed by atoms with van der Waals surface area (Å²) in [5.74, 6) is 0.0745. The van der Waals surface area contributed by atoms with Crippen LogP contribution >= 0.6 is 0 Å². The number of amides is 1. The van der Waals surface area contributed by atoms with Crippen molar-refractivity contribution in [3.63, 3.8) is 0 Å². The zero-order valence-electron chi connectivity index (χ0n) is 12.2. The van der Waals surface area contributed by atoms with Crippen LogP contribution in [0.4, 0.5) is 0 Å². The summed E-state index contributed by atoms with van der Waals surface area (Å²) in [6.07, 6.45) is 1.84. The molecule has 1 aromatic heterocycles. The summed E-state index contributed by atoms with van der Waals surface area (Å²) in [6, 6.07) is 9.41. The highest BCUT2D eigenvalue weighted by Crippen LogP contribution is 2.19. The molecule has 0 fully saturated rings. The molecule has 1 amide bonds. The molecule has 3 rings (SSSR count). The van der Waals surface area contributed by atoms with Gasteiger partial charge in [0.25, 0.3) is 5.91 Å². The Morgan fingerprint density at radius 2 is 2.10 bits per heavy atom. The van der Waals surface area contributed by atoms with E-state index in [0.29, 0.717) is 26.3 Å². The van der Waals surface area contributed by atoms with Crippen molar-refractivity contribution in [2.45, 2.75) is 26.6 Å². The van der Waals surface area contributed by atoms with Gasteiger partial charge >= 0.3 is 0 Å². The molecule has 0 aliphatic carbocycles. The number of fused-ring (bicyclic) bond motifs is 1. The average molecular weight is 285 g/mol. The highest BCUT2D eigenvalue weighted by atomic mass is 16.5. The molecule has 1 aromatic carbocycles. The van der Waals surface area contributed by atoms with E-state index < -0.39 is 0 Å². The monoisotopic (exact) mass is 285 g/mol. The molecule has 2 aromatic rings. The van der Waals surface area contributed by atoms with Crippen molar-refractivity contribution < 1.29 is 9.53 Å². The summed E-state index contributed by atoms with van der Waals surface area (Å²) < 4.78 is 7.56. The fourth-order valence-corrected chi connectivity index (χ4v) is 2.57. The van der Waals surface area contributed by atoms with E-state index in [4.69, 9.17) is 4.74 Å². The molecule has 5 heteroatoms. The molecule has 1 aliphatic heterocycles. The van der Waals surface area contributed by atoms with Crippen molar-refractivity contribution in [2.75, 3.05) is 13.2 Å². The van der Waals surface area contributed by atoms with E-state index in [-0.39, 0.29) is 5.91 Å². The summed E-state index contributed by atoms with van der Waals surface area (Å²) in [5, 5.41) is 0. The lowest BCUT2D eigenvalue weighted by atomic mass is 10.1. The van der Waals surface area contributed by atoms with E-state index in [0.717, 1.165) is 23.5 Å². The van der Waals surface area contributed by atoms with Crippen LogP contribution in [0.5, 0.6) is 0 Å². The third-order valence-electron chi connectivity index (χ3n) is 3.74. The summed E-state index contributed by atoms with van der Waals surface area (Å²) in [4.78, 5) is 18.8. The van der Waals surface area contributed by atoms with Crippen LogP contribution in [0.25, 0.3) is 0 Å². The molecule has 0 unspecified atom stereocenters. The van der Waals surface area contributed by atoms with Gasteiger partial charge in [-0.25, -0.2) is 4.98 Å². The van der Waals surface area contributed by atoms with Gasteiger partial charge in [-0.1, -0.05) is 18.2 Å². The molecular formula is C16H19N3O2. The van der Waals surface area contributed by atoms with E-state index in [1.165, 1.54) is 0 Å². The van der Waals surface area contributed by atoms with E-state index in [1.54, 1.807) is 0 Å². The molecule has 2 heterocycles. The predicted molar refractivity (Wildman–Crippen MR) is 78.7 cm³/mol. The van der Waals surface area contributed by atoms with E-state index in [9.17, 15) is 4.79 Å². The maximum atomic E-state index is 12.5. The van der Waals surface area contributed by atoms with E-state index >= 15 is 0 Å². The molecule has 1 aliphatic rings. The number of hydrogen-bond donors (Lipinski definition) is 0. The Hall–Kier alpha value is -2.14. The first-order valence-electron chi connectivity index (χ1n) is 7.24. The first-order valence-corrected chi connectivity index (χ1v) is 7.24. The van der Waals surface area contributed by atoms with Gasteiger partial charge in [0.15, 0.2) is 0 Å². The zero-order chi connectivity index (χ0) is 14.7. The molecule has 0 spiro atoms. The lowest BCUT2D eigenvalue weighted by molar-refractivity contribution is 0.0706. The van der Waals surface area contributed by atoms with E-state index in [1.807, 2.05) is 48.5 Å². The quantitative estimate of drug-likeness (QED) is 0.864. The molecule has 0 saturated carbocycles. The van der Waals surface area contributed by atoms with Gasteiger partial charge in [0.05, 0.1) is 30.9 Å². The second-order valence-electron chi connectivity index (χ2n) is 5.06. The largest absolute Gasteiger partial charge is 0.375 e. The standard InChI is InChI=1S/C16H19N3O2/c1-2-21-11-14-15-10-18(8-9-19(15)12-17-14)16(20)13-6-4-3-5-7-13/h3-7,12H,2,8-11H2,1H3. The fraction of sp³-hybridized carbons (Fsp3) is 0.375. The van der Waals surface area contributed by atoms with E-state index in [2.05, 4.69) is 9.55 Å². The van der Waals surface area contributed by atoms with Crippen molar-refractivity contribution in [1.29, 1.82) is 0 Å². The second kappa shape index (κ2) is 6.10. The van der Waals surface area contributed by atoms with Crippen molar-refractivity contribution in [2.24, 2.45) is 0 Å². The third kappa shape index (κ3) is 2.83. The third-order valence-corrected chi connectivity index (χ3v) is 3.74. The second-order valence-corrected chi connectivity index (χ2v) is 5.06. The summed E-state index contributed by atoms with van der Waals surface area (Å²) in [5.41, 5.74) is 2.75. The minimum absolute atomic E-state index is 0.0745. The van der Waals surface area contributed by atoms with Crippen molar-refractivity contribution in [1.82, 2.24) is 14.5 Å². The highest BCUT2D eigenvalue weighted by molar-refractivity contribution is 5.94. The van der Waals surface area contributed by atoms with Crippen LogP contribution in [0.1, 0.15) is 28.7 Å². The number of hydrogen-bond acceptors (Lipinski definition) is 3. The molecule has 0 N–H and O–H groups in total. The number of carbonyl (C=O) groups excluding carboxylic acids is 1. The fourth-order valence-electron chi connectivity index (χ4n) is 2.57. The number of aromatic nitrogens is 2. The highest BCUT2D eigenvalue weighted by Gasteiger charge is 2.24. The Morgan fingerprint density at radius 1 is 1.29 bits per heavy atom. The van der Waals surface area contributed by atoms with Gasteiger partial charge < -0.3 is 14.2 Å². The summed E-state index contributed by atoms with van der Waals surface area (Å²) in [7, 11) is 0. The van der Waals surface area contributed by atoms with Crippen LogP contribution in [0.2, 0.25) is 0 Å². The SMILES string of the molecule is CCOCc1ncn2c1CN(C(=O)c1ccccc1)CC2. The Kier molecular flexibility index (Phi) is 4.01. The van der Waals surface area contributed by atoms with Crippen LogP contribution in [0.15, 0.2) is 36.7 Å². The molecule has 0 atom stereocenters. The average Bonchev–Trinajstić information content (AvgIpc) is 2.95. The summed E-state index contributed by atoms with van der Waals surface area (Å²) in [6.45, 7) is 5.23. The topological polar surface area (TPSA) is 47.4 Å². The molecule has 21 heavy (non-hydrogen) atoms. The lowest BCUT2D eigenvalue weighted by Gasteiger charge is -2.29. The Balaban J connectivity index is 1.77. The van der Waals surface area contributed by atoms with Gasteiger partial charge in [-0.15, -0.1) is 0 Å². The van der Waals surface area contributed by atoms with Gasteiger partial charge in [0.1, 0.15) is 0 Å². The minimum Gasteiger partial charge on any atom is -0.375 e. The number of benzene rings is 1. The number of carbonyl (C=O) groups is 1. The normalized spacial score (nSPS) is 14.0. The van der Waals surface area contributed by atoms with Gasteiger partial charge in [0, 0.05) is 25.3 Å². The van der Waals surface area contributed by atoms with Gasteiger partial charge in [0.2, 0.25) is 0 Å². The maximum Gasteiger partial charge on any atom is 0.254 e. The smallest absolute Gasteiger partial charge is 0.254 e. The van der Waals surface area contributed by atoms with Crippen LogP contribution in [0.3, 0.4) is 0 Å². The number of ether oxygens (including phenoxy) is 1. The minimum atomic E-state index is 0.0745. The molecule has 0 radical (unpaired) electrons. The Labute approximate surface area is 124 Å². The predicted octanol–water partition coefficient (Wildman–Crippen LogP) is 2.08. The first-order chi connectivity index (χ1) is 10.3. The molecular weight excluding hydrogens is 266 g/mol. The van der Waals surface area contributed by atoms with Crippen molar-refractivity contribution in [3.05, 3.63) is 53.6 Å². The Bertz CT molecular complexity index is 622. The van der Waals surface area contributed by atoms with Gasteiger partial charge in [-0.3, -0.25) is 4.79 Å². The van der Waals surface area contributed by atoms with Crippen LogP contribution < -0.4 is 0 Å². The van der Waals surface area contributed by atoms with Gasteiger partial charge in [-0.2, -0.15) is 0 Å². The number of imidazole rings is 1. The zero-order valence-corrected chi connectivity index (χ0v) is 12.2. The lowest BCUT2D eigenvalue weighted by Crippen LogP contribution is -2.38. The molecule has 0 bridgehead atoms. The number of rotatable bonds is 4. The van der Waals surface area contributed by atoms with Crippen LogP contribution in [-0.2, 0) is 24.4 Å². The van der Waals surface area contributed by atoms with Crippen molar-refractivity contribution >= 4 is 5.91 Å². The molecule has 110 valence electrons. The Morgan fingerprint density at radius 3 is 2.86 bits per heavy atom. The molecule has 5 nitrogen and oxygen atoms in total. The summed E-state index contributed by atoms with van der Waals surface area (Å²) >= 11 is 0. The molecule has 0 saturated heterocycles. The van der Waals surface area contributed by atoms with Crippen molar-refractivity contribution in [3.8, 4) is 0 Å². The first kappa shape index (κ1) is 13.8. The van der Waals surface area contributed by atoms with Crippen LogP contribution in [0, 0.1) is 0 Å². The van der Waals surface area contributed by atoms with Gasteiger partial charge in [-0.05, 0) is 19.1 Å². The maximum absolute atomic E-state index is 12.5. The van der Waals surface area contributed by atoms with Crippen LogP contribution in [-0.4, -0.2) is 33.5 Å². The number of nitrogens with zero attached hydrogens (tertiary/aromatic N) is 3.